The maximum atomic E-state index is 12.2. The zero-order valence-electron chi connectivity index (χ0n) is 11.8. The molecule has 0 aliphatic carbocycles. The van der Waals surface area contributed by atoms with Gasteiger partial charge in [0.2, 0.25) is 5.13 Å². The number of thioether (sulfide) groups is 1. The van der Waals surface area contributed by atoms with E-state index in [2.05, 4.69) is 15.5 Å². The van der Waals surface area contributed by atoms with Crippen LogP contribution in [0.25, 0.3) is 4.96 Å². The highest BCUT2D eigenvalue weighted by atomic mass is 32.2. The molecule has 0 radical (unpaired) electrons. The van der Waals surface area contributed by atoms with Gasteiger partial charge >= 0.3 is 10.1 Å². The van der Waals surface area contributed by atoms with Gasteiger partial charge in [-0.25, -0.2) is 0 Å². The normalized spacial score (nSPS) is 11.0. The molecule has 0 atom stereocenters. The average molecular weight is 320 g/mol. The van der Waals surface area contributed by atoms with Crippen LogP contribution in [-0.2, 0) is 7.05 Å². The average Bonchev–Trinajstić information content (AvgIpc) is 3.00. The van der Waals surface area contributed by atoms with Gasteiger partial charge in [0.1, 0.15) is 0 Å². The van der Waals surface area contributed by atoms with Crippen molar-refractivity contribution < 1.29 is 9.31 Å². The van der Waals surface area contributed by atoms with Gasteiger partial charge in [0.25, 0.3) is 5.91 Å². The molecule has 0 saturated carbocycles. The van der Waals surface area contributed by atoms with Gasteiger partial charge in [0, 0.05) is 5.56 Å². The van der Waals surface area contributed by atoms with Gasteiger partial charge in [-0.3, -0.25) is 10.1 Å². The molecule has 0 saturated heterocycles. The Morgan fingerprint density at radius 3 is 2.76 bits per heavy atom. The van der Waals surface area contributed by atoms with Crippen molar-refractivity contribution in [1.82, 2.24) is 14.9 Å². The van der Waals surface area contributed by atoms with E-state index in [0.29, 0.717) is 10.7 Å². The molecule has 0 unspecified atom stereocenters. The van der Waals surface area contributed by atoms with E-state index in [-0.39, 0.29) is 5.91 Å². The summed E-state index contributed by atoms with van der Waals surface area (Å²) in [7, 11) is 1.86. The molecule has 0 aliphatic heterocycles. The Kier molecular flexibility index (Phi) is 3.64. The van der Waals surface area contributed by atoms with Crippen molar-refractivity contribution in [3.63, 3.8) is 0 Å². The summed E-state index contributed by atoms with van der Waals surface area (Å²) >= 11 is 2.91. The van der Waals surface area contributed by atoms with E-state index in [1.807, 2.05) is 32.4 Å². The van der Waals surface area contributed by atoms with Gasteiger partial charge < -0.3 is 0 Å². The predicted octanol–water partition coefficient (Wildman–Crippen LogP) is 1.90. The van der Waals surface area contributed by atoms with Crippen molar-refractivity contribution in [2.75, 3.05) is 11.6 Å². The lowest BCUT2D eigenvalue weighted by molar-refractivity contribution is -0.615. The molecule has 3 aromatic rings. The lowest BCUT2D eigenvalue weighted by atomic mass is 10.1. The fraction of sp³-hybridized carbons (Fsp3) is 0.231. The molecule has 2 aromatic heterocycles. The number of nitrogens with zero attached hydrogens (tertiary/aromatic N) is 4. The summed E-state index contributed by atoms with van der Waals surface area (Å²) in [4.78, 5) is 13.1. The number of amides is 1. The highest BCUT2D eigenvalue weighted by molar-refractivity contribution is 7.98. The molecule has 0 bridgehead atoms. The van der Waals surface area contributed by atoms with Gasteiger partial charge in [-0.1, -0.05) is 43.8 Å². The Balaban J connectivity index is 1.87. The van der Waals surface area contributed by atoms with Crippen molar-refractivity contribution in [2.45, 2.75) is 12.1 Å². The fourth-order valence-electron chi connectivity index (χ4n) is 1.88. The first-order valence-corrected chi connectivity index (χ1v) is 8.30. The highest BCUT2D eigenvalue weighted by Crippen LogP contribution is 2.19. The second kappa shape index (κ2) is 5.45. The third-order valence-electron chi connectivity index (χ3n) is 2.97. The van der Waals surface area contributed by atoms with E-state index in [1.165, 1.54) is 23.1 Å². The SMILES string of the molecule is CSc1nn(C)c2sc(NC(=O)c3ccc(C)cc3)n[n+]12. The van der Waals surface area contributed by atoms with E-state index in [0.717, 1.165) is 15.7 Å². The fourth-order valence-corrected chi connectivity index (χ4v) is 3.26. The minimum absolute atomic E-state index is 0.159. The Morgan fingerprint density at radius 2 is 2.10 bits per heavy atom. The molecule has 8 heteroatoms. The summed E-state index contributed by atoms with van der Waals surface area (Å²) in [5, 5.41) is 12.9. The molecule has 0 fully saturated rings. The number of carbonyl (C=O) groups is 1. The summed E-state index contributed by atoms with van der Waals surface area (Å²) in [6.45, 7) is 1.99. The summed E-state index contributed by atoms with van der Waals surface area (Å²) in [6.07, 6.45) is 1.94. The van der Waals surface area contributed by atoms with Crippen LogP contribution in [0.15, 0.2) is 29.4 Å². The Bertz CT molecular complexity index is 806. The number of carbonyl (C=O) groups excluding carboxylic acids is 1. The van der Waals surface area contributed by atoms with E-state index in [1.54, 1.807) is 21.3 Å². The minimum Gasteiger partial charge on any atom is -0.295 e. The highest BCUT2D eigenvalue weighted by Gasteiger charge is 2.22. The number of anilines is 1. The van der Waals surface area contributed by atoms with E-state index in [4.69, 9.17) is 0 Å². The summed E-state index contributed by atoms with van der Waals surface area (Å²) < 4.78 is 3.49. The van der Waals surface area contributed by atoms with Crippen LogP contribution >= 0.6 is 23.1 Å². The predicted molar refractivity (Wildman–Crippen MR) is 83.0 cm³/mol. The lowest BCUT2D eigenvalue weighted by Crippen LogP contribution is -2.24. The van der Waals surface area contributed by atoms with Crippen molar-refractivity contribution in [3.05, 3.63) is 35.4 Å². The van der Waals surface area contributed by atoms with Crippen LogP contribution in [-0.4, -0.2) is 27.0 Å². The van der Waals surface area contributed by atoms with Gasteiger partial charge in [0.05, 0.1) is 12.1 Å². The molecule has 1 amide bonds. The molecule has 108 valence electrons. The molecule has 0 spiro atoms. The topological polar surface area (TPSA) is 63.9 Å². The second-order valence-corrected chi connectivity index (χ2v) is 6.26. The van der Waals surface area contributed by atoms with Crippen LogP contribution < -0.4 is 9.83 Å². The molecule has 1 aromatic carbocycles. The summed E-state index contributed by atoms with van der Waals surface area (Å²) in [5.74, 6) is -0.159. The lowest BCUT2D eigenvalue weighted by Gasteiger charge is -2.00. The molecule has 21 heavy (non-hydrogen) atoms. The Morgan fingerprint density at radius 1 is 1.38 bits per heavy atom. The number of aryl methyl sites for hydroxylation is 2. The van der Waals surface area contributed by atoms with Crippen LogP contribution in [0.5, 0.6) is 0 Å². The second-order valence-electron chi connectivity index (χ2n) is 4.53. The third-order valence-corrected chi connectivity index (χ3v) is 4.59. The molecular weight excluding hydrogens is 306 g/mol. The number of hydrogen-bond donors (Lipinski definition) is 1. The molecule has 2 heterocycles. The van der Waals surface area contributed by atoms with Crippen LogP contribution in [0.4, 0.5) is 5.13 Å². The molecule has 0 aliphatic rings. The Labute approximate surface area is 129 Å². The van der Waals surface area contributed by atoms with Gasteiger partial charge in [-0.05, 0) is 36.6 Å². The van der Waals surface area contributed by atoms with E-state index < -0.39 is 0 Å². The van der Waals surface area contributed by atoms with Crippen molar-refractivity contribution in [1.29, 1.82) is 0 Å². The third kappa shape index (κ3) is 2.64. The number of rotatable bonds is 3. The largest absolute Gasteiger partial charge is 0.361 e. The summed E-state index contributed by atoms with van der Waals surface area (Å²) in [5.41, 5.74) is 1.74. The van der Waals surface area contributed by atoms with Crippen LogP contribution in [0.3, 0.4) is 0 Å². The molecule has 3 rings (SSSR count). The minimum atomic E-state index is -0.159. The molecule has 6 nitrogen and oxygen atoms in total. The van der Waals surface area contributed by atoms with Crippen LogP contribution in [0.1, 0.15) is 15.9 Å². The van der Waals surface area contributed by atoms with Gasteiger partial charge in [0.15, 0.2) is 0 Å². The number of benzene rings is 1. The number of fused-ring (bicyclic) bond motifs is 1. The first-order chi connectivity index (χ1) is 10.1. The molecule has 1 N–H and O–H groups in total. The number of nitrogens with one attached hydrogen (secondary N) is 1. The molecular formula is C13H14N5OS2+. The zero-order valence-corrected chi connectivity index (χ0v) is 13.5. The van der Waals surface area contributed by atoms with Crippen LogP contribution in [0.2, 0.25) is 0 Å². The Hall–Kier alpha value is -1.93. The number of hydrogen-bond acceptors (Lipinski definition) is 5. The smallest absolute Gasteiger partial charge is 0.295 e. The zero-order chi connectivity index (χ0) is 15.0. The number of aromatic nitrogens is 4. The van der Waals surface area contributed by atoms with E-state index in [9.17, 15) is 4.79 Å². The van der Waals surface area contributed by atoms with Gasteiger partial charge in [-0.2, -0.15) is 0 Å². The maximum Gasteiger partial charge on any atom is 0.361 e. The first-order valence-electron chi connectivity index (χ1n) is 6.26. The monoisotopic (exact) mass is 320 g/mol. The quantitative estimate of drug-likeness (QED) is 0.591. The summed E-state index contributed by atoms with van der Waals surface area (Å²) in [6, 6.07) is 7.44. The van der Waals surface area contributed by atoms with Crippen molar-refractivity contribution in [2.24, 2.45) is 7.05 Å². The van der Waals surface area contributed by atoms with Crippen molar-refractivity contribution >= 4 is 39.1 Å². The van der Waals surface area contributed by atoms with Crippen LogP contribution in [0, 0.1) is 6.92 Å². The van der Waals surface area contributed by atoms with Crippen molar-refractivity contribution in [3.8, 4) is 0 Å². The first kappa shape index (κ1) is 14.0. The van der Waals surface area contributed by atoms with E-state index >= 15 is 0 Å². The maximum absolute atomic E-state index is 12.2. The standard InChI is InChI=1S/C13H13N5OS2/c1-8-4-6-9(7-5-8)10(19)14-11-15-18-12(20-3)16-17(2)13(18)21-11/h4-7H,1-3H3/p+1. The van der Waals surface area contributed by atoms with Gasteiger partial charge in [-0.15, -0.1) is 0 Å².